The Hall–Kier alpha value is -1.48. The molecular weight excluding hydrogens is 307 g/mol. The highest BCUT2D eigenvalue weighted by Crippen LogP contribution is 2.18. The van der Waals surface area contributed by atoms with Crippen molar-refractivity contribution in [2.24, 2.45) is 0 Å². The van der Waals surface area contributed by atoms with E-state index in [1.54, 1.807) is 26.0 Å². The van der Waals surface area contributed by atoms with Gasteiger partial charge in [-0.05, 0) is 54.8 Å². The third-order valence-electron chi connectivity index (χ3n) is 3.01. The van der Waals surface area contributed by atoms with E-state index in [-0.39, 0.29) is 11.6 Å². The number of aryl methyl sites for hydroxylation is 2. The van der Waals surface area contributed by atoms with Gasteiger partial charge in [-0.25, -0.2) is 4.39 Å². The molecule has 0 spiro atoms. The fraction of sp³-hybridized carbons (Fsp3) is 0.188. The molecule has 0 radical (unpaired) electrons. The molecule has 0 N–H and O–H groups in total. The van der Waals surface area contributed by atoms with Crippen molar-refractivity contribution in [1.82, 2.24) is 0 Å². The van der Waals surface area contributed by atoms with Crippen molar-refractivity contribution >= 4 is 21.7 Å². The van der Waals surface area contributed by atoms with Gasteiger partial charge in [-0.2, -0.15) is 0 Å². The van der Waals surface area contributed by atoms with Gasteiger partial charge in [0.25, 0.3) is 0 Å². The molecule has 0 aliphatic heterocycles. The fourth-order valence-corrected chi connectivity index (χ4v) is 2.49. The van der Waals surface area contributed by atoms with E-state index in [9.17, 15) is 9.18 Å². The van der Waals surface area contributed by atoms with Gasteiger partial charge in [-0.3, -0.25) is 4.79 Å². The maximum absolute atomic E-state index is 13.5. The van der Waals surface area contributed by atoms with Crippen LogP contribution in [-0.2, 0) is 6.42 Å². The van der Waals surface area contributed by atoms with Crippen LogP contribution in [0.5, 0.6) is 0 Å². The first-order valence-electron chi connectivity index (χ1n) is 6.02. The molecule has 2 rings (SSSR count). The minimum absolute atomic E-state index is 0.00398. The zero-order valence-corrected chi connectivity index (χ0v) is 12.4. The predicted octanol–water partition coefficient (Wildman–Crippen LogP) is 4.63. The molecule has 0 heterocycles. The van der Waals surface area contributed by atoms with E-state index in [0.29, 0.717) is 23.1 Å². The lowest BCUT2D eigenvalue weighted by atomic mass is 9.99. The van der Waals surface area contributed by atoms with Gasteiger partial charge in [-0.15, -0.1) is 0 Å². The van der Waals surface area contributed by atoms with Crippen LogP contribution in [0.3, 0.4) is 0 Å². The molecule has 3 heteroatoms. The summed E-state index contributed by atoms with van der Waals surface area (Å²) in [5.74, 6) is -0.233. The van der Waals surface area contributed by atoms with Crippen molar-refractivity contribution < 1.29 is 9.18 Å². The fourth-order valence-electron chi connectivity index (χ4n) is 2.04. The van der Waals surface area contributed by atoms with Crippen LogP contribution in [0.25, 0.3) is 0 Å². The van der Waals surface area contributed by atoms with Crippen LogP contribution >= 0.6 is 15.9 Å². The highest BCUT2D eigenvalue weighted by atomic mass is 79.9. The van der Waals surface area contributed by atoms with Crippen molar-refractivity contribution in [2.45, 2.75) is 20.3 Å². The van der Waals surface area contributed by atoms with Gasteiger partial charge in [0.2, 0.25) is 0 Å². The number of rotatable bonds is 3. The maximum Gasteiger partial charge on any atom is 0.167 e. The molecule has 0 fully saturated rings. The Labute approximate surface area is 120 Å². The standard InChI is InChI=1S/C16H14BrFO/c1-10-6-13(7-11(2)16(10)18)15(19)9-12-4-3-5-14(17)8-12/h3-8H,9H2,1-2H3. The van der Waals surface area contributed by atoms with E-state index in [0.717, 1.165) is 10.0 Å². The van der Waals surface area contributed by atoms with Crippen LogP contribution in [0.4, 0.5) is 4.39 Å². The largest absolute Gasteiger partial charge is 0.294 e. The third kappa shape index (κ3) is 3.29. The summed E-state index contributed by atoms with van der Waals surface area (Å²) in [5, 5.41) is 0. The van der Waals surface area contributed by atoms with E-state index in [2.05, 4.69) is 15.9 Å². The summed E-state index contributed by atoms with van der Waals surface area (Å²) in [6, 6.07) is 10.9. The number of Topliss-reactive ketones (excluding diaryl/α,β-unsaturated/α-hetero) is 1. The molecule has 0 bridgehead atoms. The summed E-state index contributed by atoms with van der Waals surface area (Å²) in [5.41, 5.74) is 2.53. The molecule has 0 saturated heterocycles. The van der Waals surface area contributed by atoms with Crippen molar-refractivity contribution in [3.05, 3.63) is 68.9 Å². The third-order valence-corrected chi connectivity index (χ3v) is 3.51. The molecule has 2 aromatic rings. The van der Waals surface area contributed by atoms with Crippen molar-refractivity contribution in [2.75, 3.05) is 0 Å². The molecule has 19 heavy (non-hydrogen) atoms. The normalized spacial score (nSPS) is 10.5. The molecule has 2 aromatic carbocycles. The highest BCUT2D eigenvalue weighted by Gasteiger charge is 2.11. The molecule has 98 valence electrons. The van der Waals surface area contributed by atoms with E-state index in [1.807, 2.05) is 24.3 Å². The molecule has 0 aliphatic carbocycles. The van der Waals surface area contributed by atoms with Crippen LogP contribution in [0.1, 0.15) is 27.0 Å². The topological polar surface area (TPSA) is 17.1 Å². The summed E-state index contributed by atoms with van der Waals surface area (Å²) in [6.07, 6.45) is 0.323. The average Bonchev–Trinajstić information content (AvgIpc) is 2.35. The zero-order chi connectivity index (χ0) is 14.0. The lowest BCUT2D eigenvalue weighted by Crippen LogP contribution is -2.05. The number of halogens is 2. The number of carbonyl (C=O) groups is 1. The van der Waals surface area contributed by atoms with Crippen LogP contribution in [-0.4, -0.2) is 5.78 Å². The van der Waals surface area contributed by atoms with Gasteiger partial charge in [0.15, 0.2) is 5.78 Å². The Morgan fingerprint density at radius 1 is 1.16 bits per heavy atom. The minimum Gasteiger partial charge on any atom is -0.294 e. The summed E-state index contributed by atoms with van der Waals surface area (Å²) in [7, 11) is 0. The van der Waals surface area contributed by atoms with Gasteiger partial charge in [0.05, 0.1) is 0 Å². The summed E-state index contributed by atoms with van der Waals surface area (Å²) < 4.78 is 14.5. The molecule has 1 nitrogen and oxygen atoms in total. The second-order valence-electron chi connectivity index (χ2n) is 4.65. The van der Waals surface area contributed by atoms with E-state index in [4.69, 9.17) is 0 Å². The summed E-state index contributed by atoms with van der Waals surface area (Å²) in [4.78, 5) is 12.2. The number of benzene rings is 2. The van der Waals surface area contributed by atoms with Crippen LogP contribution in [0, 0.1) is 19.7 Å². The Balaban J connectivity index is 2.25. The maximum atomic E-state index is 13.5. The van der Waals surface area contributed by atoms with Crippen molar-refractivity contribution in [1.29, 1.82) is 0 Å². The van der Waals surface area contributed by atoms with Crippen molar-refractivity contribution in [3.63, 3.8) is 0 Å². The predicted molar refractivity (Wildman–Crippen MR) is 78.1 cm³/mol. The molecule has 0 aliphatic rings. The second-order valence-corrected chi connectivity index (χ2v) is 5.57. The Morgan fingerprint density at radius 2 is 1.79 bits per heavy atom. The molecule has 0 amide bonds. The lowest BCUT2D eigenvalue weighted by molar-refractivity contribution is 0.0992. The quantitative estimate of drug-likeness (QED) is 0.753. The minimum atomic E-state index is -0.237. The van der Waals surface area contributed by atoms with Crippen LogP contribution in [0.15, 0.2) is 40.9 Å². The molecule has 0 saturated carbocycles. The zero-order valence-electron chi connectivity index (χ0n) is 10.8. The number of hydrogen-bond acceptors (Lipinski definition) is 1. The first-order valence-corrected chi connectivity index (χ1v) is 6.81. The van der Waals surface area contributed by atoms with Crippen molar-refractivity contribution in [3.8, 4) is 0 Å². The first kappa shape index (κ1) is 13.9. The second kappa shape index (κ2) is 5.66. The van der Waals surface area contributed by atoms with Gasteiger partial charge >= 0.3 is 0 Å². The summed E-state index contributed by atoms with van der Waals surface area (Å²) in [6.45, 7) is 3.36. The van der Waals surface area contributed by atoms with Crippen LogP contribution in [0.2, 0.25) is 0 Å². The molecular formula is C16H14BrFO. The Bertz CT molecular complexity index is 611. The number of ketones is 1. The number of hydrogen-bond donors (Lipinski definition) is 0. The van der Waals surface area contributed by atoms with E-state index >= 15 is 0 Å². The Morgan fingerprint density at radius 3 is 2.37 bits per heavy atom. The summed E-state index contributed by atoms with van der Waals surface area (Å²) >= 11 is 3.38. The van der Waals surface area contributed by atoms with Gasteiger partial charge < -0.3 is 0 Å². The van der Waals surface area contributed by atoms with Gasteiger partial charge in [0, 0.05) is 16.5 Å². The number of carbonyl (C=O) groups excluding carboxylic acids is 1. The SMILES string of the molecule is Cc1cc(C(=O)Cc2cccc(Br)c2)cc(C)c1F. The first-order chi connectivity index (χ1) is 8.97. The van der Waals surface area contributed by atoms with E-state index in [1.165, 1.54) is 0 Å². The highest BCUT2D eigenvalue weighted by molar-refractivity contribution is 9.10. The average molecular weight is 321 g/mol. The van der Waals surface area contributed by atoms with Gasteiger partial charge in [0.1, 0.15) is 5.82 Å². The van der Waals surface area contributed by atoms with E-state index < -0.39 is 0 Å². The monoisotopic (exact) mass is 320 g/mol. The smallest absolute Gasteiger partial charge is 0.167 e. The van der Waals surface area contributed by atoms with Gasteiger partial charge in [-0.1, -0.05) is 28.1 Å². The molecule has 0 atom stereocenters. The lowest BCUT2D eigenvalue weighted by Gasteiger charge is -2.06. The molecule has 0 aromatic heterocycles. The van der Waals surface area contributed by atoms with Crippen LogP contribution < -0.4 is 0 Å². The Kier molecular flexibility index (Phi) is 4.15. The molecule has 0 unspecified atom stereocenters.